The summed E-state index contributed by atoms with van der Waals surface area (Å²) in [5, 5.41) is 7.38. The summed E-state index contributed by atoms with van der Waals surface area (Å²) < 4.78 is 0. The van der Waals surface area contributed by atoms with Gasteiger partial charge in [-0.05, 0) is 31.0 Å². The van der Waals surface area contributed by atoms with Crippen molar-refractivity contribution in [2.45, 2.75) is 18.8 Å². The summed E-state index contributed by atoms with van der Waals surface area (Å²) in [6.45, 7) is 0. The number of pyridine rings is 1. The van der Waals surface area contributed by atoms with Gasteiger partial charge in [-0.3, -0.25) is 10.1 Å². The zero-order valence-corrected chi connectivity index (χ0v) is 11.3. The molecule has 0 aromatic carbocycles. The first-order valence-electron chi connectivity index (χ1n) is 6.91. The number of nitrogens with zero attached hydrogens (tertiary/aromatic N) is 4. The molecule has 0 aliphatic heterocycles. The van der Waals surface area contributed by atoms with Crippen LogP contribution in [0.3, 0.4) is 0 Å². The first-order valence-corrected chi connectivity index (χ1v) is 6.91. The maximum absolute atomic E-state index is 6.06. The zero-order chi connectivity index (χ0) is 14.2. The lowest BCUT2D eigenvalue weighted by molar-refractivity contribution is 0.966. The lowest BCUT2D eigenvalue weighted by Crippen LogP contribution is -1.99. The molecule has 1 fully saturated rings. The Balaban J connectivity index is 1.70. The quantitative estimate of drug-likeness (QED) is 0.767. The van der Waals surface area contributed by atoms with Crippen molar-refractivity contribution in [2.75, 3.05) is 5.73 Å². The number of nitrogen functional groups attached to an aromatic ring is 1. The average Bonchev–Trinajstić information content (AvgIpc) is 3.26. The van der Waals surface area contributed by atoms with Crippen LogP contribution in [0.15, 0.2) is 36.7 Å². The van der Waals surface area contributed by atoms with Gasteiger partial charge in [0.2, 0.25) is 0 Å². The molecule has 1 aliphatic carbocycles. The second-order valence-electron chi connectivity index (χ2n) is 5.19. The molecule has 6 heteroatoms. The molecule has 0 unspecified atom stereocenters. The normalized spacial score (nSPS) is 14.3. The molecule has 0 radical (unpaired) electrons. The number of anilines is 1. The SMILES string of the molecule is Nc1nc(-c2ccccn2)ncc1-c1cc(C2CC2)[nH]n1. The molecule has 21 heavy (non-hydrogen) atoms. The number of hydrogen-bond acceptors (Lipinski definition) is 5. The summed E-state index contributed by atoms with van der Waals surface area (Å²) in [7, 11) is 0. The van der Waals surface area contributed by atoms with Gasteiger partial charge in [0.1, 0.15) is 11.5 Å². The topological polar surface area (TPSA) is 93.4 Å². The van der Waals surface area contributed by atoms with Crippen molar-refractivity contribution in [1.29, 1.82) is 0 Å². The van der Waals surface area contributed by atoms with E-state index in [1.165, 1.54) is 18.5 Å². The fourth-order valence-electron chi connectivity index (χ4n) is 2.29. The standard InChI is InChI=1S/C15H14N6/c16-14-10(13-7-12(20-21-13)9-4-5-9)8-18-15(19-14)11-3-1-2-6-17-11/h1-3,6-9H,4-5H2,(H,20,21)(H2,16,18,19). The minimum atomic E-state index is 0.416. The second-order valence-corrected chi connectivity index (χ2v) is 5.19. The van der Waals surface area contributed by atoms with Crippen molar-refractivity contribution in [3.8, 4) is 22.8 Å². The molecule has 3 aromatic heterocycles. The maximum atomic E-state index is 6.06. The number of aromatic nitrogens is 5. The highest BCUT2D eigenvalue weighted by Gasteiger charge is 2.26. The van der Waals surface area contributed by atoms with Crippen LogP contribution < -0.4 is 5.73 Å². The number of nitrogens with one attached hydrogen (secondary N) is 1. The van der Waals surface area contributed by atoms with Gasteiger partial charge in [0.15, 0.2) is 5.82 Å². The van der Waals surface area contributed by atoms with Gasteiger partial charge in [0, 0.05) is 24.0 Å². The minimum Gasteiger partial charge on any atom is -0.383 e. The Bertz CT molecular complexity index is 776. The lowest BCUT2D eigenvalue weighted by Gasteiger charge is -2.03. The van der Waals surface area contributed by atoms with Crippen LogP contribution in [0.5, 0.6) is 0 Å². The number of hydrogen-bond donors (Lipinski definition) is 2. The Labute approximate surface area is 121 Å². The molecule has 3 N–H and O–H groups in total. The largest absolute Gasteiger partial charge is 0.383 e. The molecule has 0 bridgehead atoms. The van der Waals surface area contributed by atoms with Gasteiger partial charge in [-0.15, -0.1) is 0 Å². The number of H-pyrrole nitrogens is 1. The van der Waals surface area contributed by atoms with Crippen molar-refractivity contribution < 1.29 is 0 Å². The van der Waals surface area contributed by atoms with Crippen LogP contribution in [0.1, 0.15) is 24.5 Å². The van der Waals surface area contributed by atoms with E-state index in [0.29, 0.717) is 23.3 Å². The number of aromatic amines is 1. The van der Waals surface area contributed by atoms with Crippen LogP contribution in [0.25, 0.3) is 22.8 Å². The van der Waals surface area contributed by atoms with Crippen LogP contribution in [0, 0.1) is 0 Å². The average molecular weight is 278 g/mol. The number of nitrogens with two attached hydrogens (primary N) is 1. The molecule has 1 aliphatic rings. The van der Waals surface area contributed by atoms with Gasteiger partial charge < -0.3 is 5.73 Å². The summed E-state index contributed by atoms with van der Waals surface area (Å²) in [6, 6.07) is 7.64. The van der Waals surface area contributed by atoms with Crippen molar-refractivity contribution in [3.05, 3.63) is 42.4 Å². The van der Waals surface area contributed by atoms with Crippen LogP contribution in [-0.4, -0.2) is 25.1 Å². The molecule has 6 nitrogen and oxygen atoms in total. The molecule has 0 atom stereocenters. The van der Waals surface area contributed by atoms with Crippen LogP contribution in [-0.2, 0) is 0 Å². The first-order chi connectivity index (χ1) is 10.3. The molecule has 0 saturated heterocycles. The van der Waals surface area contributed by atoms with Crippen LogP contribution in [0.2, 0.25) is 0 Å². The van der Waals surface area contributed by atoms with Crippen molar-refractivity contribution in [1.82, 2.24) is 25.1 Å². The third-order valence-corrected chi connectivity index (χ3v) is 3.60. The van der Waals surface area contributed by atoms with Gasteiger partial charge in [-0.25, -0.2) is 9.97 Å². The van der Waals surface area contributed by atoms with E-state index < -0.39 is 0 Å². The molecule has 3 aromatic rings. The Kier molecular flexibility index (Phi) is 2.67. The van der Waals surface area contributed by atoms with E-state index in [0.717, 1.165) is 11.3 Å². The predicted octanol–water partition coefficient (Wildman–Crippen LogP) is 2.39. The van der Waals surface area contributed by atoms with E-state index in [-0.39, 0.29) is 0 Å². The van der Waals surface area contributed by atoms with Crippen molar-refractivity contribution >= 4 is 5.82 Å². The van der Waals surface area contributed by atoms with Gasteiger partial charge in [0.05, 0.1) is 11.3 Å². The van der Waals surface area contributed by atoms with E-state index in [2.05, 4.69) is 25.1 Å². The van der Waals surface area contributed by atoms with E-state index >= 15 is 0 Å². The smallest absolute Gasteiger partial charge is 0.180 e. The fraction of sp³-hybridized carbons (Fsp3) is 0.200. The first kappa shape index (κ1) is 12.0. The van der Waals surface area contributed by atoms with E-state index in [1.807, 2.05) is 24.3 Å². The zero-order valence-electron chi connectivity index (χ0n) is 11.3. The fourth-order valence-corrected chi connectivity index (χ4v) is 2.29. The predicted molar refractivity (Wildman–Crippen MR) is 79.2 cm³/mol. The summed E-state index contributed by atoms with van der Waals surface area (Å²) in [5.41, 5.74) is 9.47. The monoisotopic (exact) mass is 278 g/mol. The Morgan fingerprint density at radius 2 is 2.05 bits per heavy atom. The Morgan fingerprint density at radius 1 is 1.14 bits per heavy atom. The second kappa shape index (κ2) is 4.66. The lowest BCUT2D eigenvalue weighted by atomic mass is 10.2. The summed E-state index contributed by atoms with van der Waals surface area (Å²) in [6.07, 6.45) is 5.87. The van der Waals surface area contributed by atoms with E-state index in [4.69, 9.17) is 5.73 Å². The summed E-state index contributed by atoms with van der Waals surface area (Å²) >= 11 is 0. The molecule has 0 spiro atoms. The molecule has 3 heterocycles. The Morgan fingerprint density at radius 3 is 2.76 bits per heavy atom. The van der Waals surface area contributed by atoms with Crippen LogP contribution >= 0.6 is 0 Å². The van der Waals surface area contributed by atoms with Crippen molar-refractivity contribution in [3.63, 3.8) is 0 Å². The highest BCUT2D eigenvalue weighted by Crippen LogP contribution is 2.40. The molecule has 1 saturated carbocycles. The summed E-state index contributed by atoms with van der Waals surface area (Å²) in [4.78, 5) is 12.9. The molecular weight excluding hydrogens is 264 g/mol. The molecule has 0 amide bonds. The number of rotatable bonds is 3. The van der Waals surface area contributed by atoms with Gasteiger partial charge >= 0.3 is 0 Å². The van der Waals surface area contributed by atoms with E-state index in [9.17, 15) is 0 Å². The highest BCUT2D eigenvalue weighted by molar-refractivity contribution is 5.71. The molecular formula is C15H14N6. The maximum Gasteiger partial charge on any atom is 0.180 e. The Hall–Kier alpha value is -2.76. The van der Waals surface area contributed by atoms with Gasteiger partial charge in [0.25, 0.3) is 0 Å². The minimum absolute atomic E-state index is 0.416. The third kappa shape index (κ3) is 2.24. The molecule has 4 rings (SSSR count). The highest BCUT2D eigenvalue weighted by atomic mass is 15.1. The third-order valence-electron chi connectivity index (χ3n) is 3.60. The van der Waals surface area contributed by atoms with E-state index in [1.54, 1.807) is 12.4 Å². The van der Waals surface area contributed by atoms with Crippen LogP contribution in [0.4, 0.5) is 5.82 Å². The van der Waals surface area contributed by atoms with Gasteiger partial charge in [-0.1, -0.05) is 6.07 Å². The van der Waals surface area contributed by atoms with Crippen molar-refractivity contribution in [2.24, 2.45) is 0 Å². The summed E-state index contributed by atoms with van der Waals surface area (Å²) in [5.74, 6) is 1.57. The van der Waals surface area contributed by atoms with Gasteiger partial charge in [-0.2, -0.15) is 5.10 Å². The molecule has 104 valence electrons.